The molecule has 1 aromatic rings. The van der Waals surface area contributed by atoms with Gasteiger partial charge in [-0.3, -0.25) is 15.8 Å². The van der Waals surface area contributed by atoms with E-state index in [1.807, 2.05) is 12.1 Å². The number of piperidine rings is 1. The Morgan fingerprint density at radius 3 is 2.48 bits per heavy atom. The molecule has 0 bridgehead atoms. The highest BCUT2D eigenvalue weighted by atomic mass is 16.3. The number of phenolic OH excluding ortho intramolecular Hbond substituents is 1. The number of likely N-dealkylation sites (tertiary alicyclic amines) is 1. The maximum absolute atomic E-state index is 9.35. The van der Waals surface area contributed by atoms with Crippen molar-refractivity contribution in [1.82, 2.24) is 15.8 Å². The topological polar surface area (TPSA) is 47.5 Å². The second-order valence-corrected chi connectivity index (χ2v) is 7.08. The first kappa shape index (κ1) is 14.8. The molecule has 2 fully saturated rings. The van der Waals surface area contributed by atoms with Gasteiger partial charge in [-0.1, -0.05) is 26.0 Å². The molecule has 21 heavy (non-hydrogen) atoms. The van der Waals surface area contributed by atoms with Crippen molar-refractivity contribution in [3.63, 3.8) is 0 Å². The molecule has 3 rings (SSSR count). The summed E-state index contributed by atoms with van der Waals surface area (Å²) in [6.07, 6.45) is 2.49. The van der Waals surface area contributed by atoms with Crippen LogP contribution in [0.3, 0.4) is 0 Å². The highest BCUT2D eigenvalue weighted by Gasteiger charge is 2.41. The normalized spacial score (nSPS) is 29.6. The number of rotatable bonds is 3. The van der Waals surface area contributed by atoms with E-state index >= 15 is 0 Å². The van der Waals surface area contributed by atoms with Gasteiger partial charge in [-0.25, -0.2) is 0 Å². The van der Waals surface area contributed by atoms with Gasteiger partial charge in [0.15, 0.2) is 0 Å². The van der Waals surface area contributed by atoms with E-state index in [4.69, 9.17) is 0 Å². The van der Waals surface area contributed by atoms with Gasteiger partial charge < -0.3 is 5.11 Å². The van der Waals surface area contributed by atoms with Crippen LogP contribution in [0.5, 0.6) is 5.75 Å². The average Bonchev–Trinajstić information content (AvgIpc) is 2.91. The molecule has 4 heteroatoms. The van der Waals surface area contributed by atoms with Crippen molar-refractivity contribution in [3.05, 3.63) is 29.8 Å². The number of hydrogen-bond acceptors (Lipinski definition) is 4. The Hall–Kier alpha value is -1.10. The van der Waals surface area contributed by atoms with Crippen LogP contribution in [-0.2, 0) is 6.54 Å². The second kappa shape index (κ2) is 5.95. The molecule has 0 spiro atoms. The van der Waals surface area contributed by atoms with Gasteiger partial charge in [0, 0.05) is 19.1 Å². The minimum absolute atomic E-state index is 0.346. The Balaban J connectivity index is 1.56. The van der Waals surface area contributed by atoms with Gasteiger partial charge in [-0.05, 0) is 55.0 Å². The van der Waals surface area contributed by atoms with Gasteiger partial charge in [0.1, 0.15) is 5.75 Å². The Kier molecular flexibility index (Phi) is 4.20. The number of hydrazine groups is 1. The van der Waals surface area contributed by atoms with Crippen molar-refractivity contribution in [1.29, 1.82) is 0 Å². The number of nitrogens with one attached hydrogen (secondary N) is 2. The van der Waals surface area contributed by atoms with Crippen molar-refractivity contribution in [2.24, 2.45) is 11.3 Å². The SMILES string of the molecule is CC1CNNC1C1(C)CCN(Cc2ccc(O)cc2)CC1. The van der Waals surface area contributed by atoms with Crippen LogP contribution in [-0.4, -0.2) is 35.7 Å². The largest absolute Gasteiger partial charge is 0.508 e. The summed E-state index contributed by atoms with van der Waals surface area (Å²) < 4.78 is 0. The van der Waals surface area contributed by atoms with E-state index in [9.17, 15) is 5.11 Å². The molecule has 4 nitrogen and oxygen atoms in total. The van der Waals surface area contributed by atoms with Gasteiger partial charge in [0.25, 0.3) is 0 Å². The van der Waals surface area contributed by atoms with Gasteiger partial charge in [-0.15, -0.1) is 0 Å². The summed E-state index contributed by atoms with van der Waals surface area (Å²) in [5, 5.41) is 9.35. The fourth-order valence-corrected chi connectivity index (χ4v) is 3.84. The molecule has 1 aromatic carbocycles. The molecule has 0 aromatic heterocycles. The Labute approximate surface area is 127 Å². The zero-order chi connectivity index (χ0) is 14.9. The van der Waals surface area contributed by atoms with Crippen LogP contribution < -0.4 is 10.9 Å². The van der Waals surface area contributed by atoms with Crippen molar-refractivity contribution < 1.29 is 5.11 Å². The average molecular weight is 289 g/mol. The quantitative estimate of drug-likeness (QED) is 0.797. The summed E-state index contributed by atoms with van der Waals surface area (Å²) in [6.45, 7) is 9.15. The van der Waals surface area contributed by atoms with Crippen LogP contribution in [0.4, 0.5) is 0 Å². The molecule has 2 unspecified atom stereocenters. The lowest BCUT2D eigenvalue weighted by atomic mass is 9.71. The number of nitrogens with zero attached hydrogens (tertiary/aromatic N) is 1. The summed E-state index contributed by atoms with van der Waals surface area (Å²) in [4.78, 5) is 2.53. The monoisotopic (exact) mass is 289 g/mol. The van der Waals surface area contributed by atoms with Crippen LogP contribution in [0.25, 0.3) is 0 Å². The van der Waals surface area contributed by atoms with Crippen LogP contribution >= 0.6 is 0 Å². The van der Waals surface area contributed by atoms with Crippen molar-refractivity contribution in [3.8, 4) is 5.75 Å². The summed E-state index contributed by atoms with van der Waals surface area (Å²) in [6, 6.07) is 8.19. The van der Waals surface area contributed by atoms with Gasteiger partial charge >= 0.3 is 0 Å². The number of aromatic hydroxyl groups is 1. The number of hydrogen-bond donors (Lipinski definition) is 3. The van der Waals surface area contributed by atoms with Gasteiger partial charge in [0.2, 0.25) is 0 Å². The van der Waals surface area contributed by atoms with Crippen LogP contribution in [0.2, 0.25) is 0 Å². The molecule has 3 N–H and O–H groups in total. The zero-order valence-corrected chi connectivity index (χ0v) is 13.1. The highest BCUT2D eigenvalue weighted by Crippen LogP contribution is 2.38. The molecule has 2 saturated heterocycles. The van der Waals surface area contributed by atoms with E-state index in [1.54, 1.807) is 12.1 Å². The lowest BCUT2D eigenvalue weighted by molar-refractivity contribution is 0.0705. The molecule has 116 valence electrons. The molecule has 2 atom stereocenters. The predicted molar refractivity (Wildman–Crippen MR) is 84.8 cm³/mol. The molecule has 0 aliphatic carbocycles. The molecule has 0 amide bonds. The Bertz CT molecular complexity index is 465. The van der Waals surface area contributed by atoms with E-state index in [2.05, 4.69) is 29.6 Å². The van der Waals surface area contributed by atoms with Crippen molar-refractivity contribution in [2.75, 3.05) is 19.6 Å². The maximum Gasteiger partial charge on any atom is 0.115 e. The molecule has 0 radical (unpaired) electrons. The van der Waals surface area contributed by atoms with E-state index < -0.39 is 0 Å². The van der Waals surface area contributed by atoms with Gasteiger partial charge in [0.05, 0.1) is 0 Å². The Morgan fingerprint density at radius 1 is 1.24 bits per heavy atom. The molecular weight excluding hydrogens is 262 g/mol. The third kappa shape index (κ3) is 3.23. The minimum Gasteiger partial charge on any atom is -0.508 e. The van der Waals surface area contributed by atoms with E-state index in [0.717, 1.165) is 26.2 Å². The first-order valence-electron chi connectivity index (χ1n) is 8.05. The van der Waals surface area contributed by atoms with Crippen molar-refractivity contribution in [2.45, 2.75) is 39.3 Å². The number of phenols is 1. The zero-order valence-electron chi connectivity index (χ0n) is 13.1. The van der Waals surface area contributed by atoms with Crippen LogP contribution in [0, 0.1) is 11.3 Å². The molecular formula is C17H27N3O. The lowest BCUT2D eigenvalue weighted by Crippen LogP contribution is -2.50. The summed E-state index contributed by atoms with van der Waals surface area (Å²) >= 11 is 0. The first-order chi connectivity index (χ1) is 10.1. The molecule has 2 aliphatic heterocycles. The first-order valence-corrected chi connectivity index (χ1v) is 8.05. The minimum atomic E-state index is 0.346. The highest BCUT2D eigenvalue weighted by molar-refractivity contribution is 5.25. The van der Waals surface area contributed by atoms with E-state index in [1.165, 1.54) is 18.4 Å². The molecule has 2 heterocycles. The lowest BCUT2D eigenvalue weighted by Gasteiger charge is -2.44. The third-order valence-electron chi connectivity index (χ3n) is 5.34. The van der Waals surface area contributed by atoms with Crippen LogP contribution in [0.15, 0.2) is 24.3 Å². The second-order valence-electron chi connectivity index (χ2n) is 7.08. The van der Waals surface area contributed by atoms with E-state index in [0.29, 0.717) is 23.1 Å². The van der Waals surface area contributed by atoms with Crippen molar-refractivity contribution >= 4 is 0 Å². The Morgan fingerprint density at radius 2 is 1.90 bits per heavy atom. The summed E-state index contributed by atoms with van der Waals surface area (Å²) in [7, 11) is 0. The standard InChI is InChI=1S/C17H27N3O/c1-13-11-18-19-16(13)17(2)7-9-20(10-8-17)12-14-3-5-15(21)6-4-14/h3-6,13,16,18-19,21H,7-12H2,1-2H3. The smallest absolute Gasteiger partial charge is 0.115 e. The predicted octanol–water partition coefficient (Wildman–Crippen LogP) is 2.11. The fraction of sp³-hybridized carbons (Fsp3) is 0.647. The van der Waals surface area contributed by atoms with Crippen LogP contribution in [0.1, 0.15) is 32.3 Å². The molecule has 2 aliphatic rings. The fourth-order valence-electron chi connectivity index (χ4n) is 3.84. The summed E-state index contributed by atoms with van der Waals surface area (Å²) in [5.74, 6) is 1.05. The molecule has 0 saturated carbocycles. The van der Waals surface area contributed by atoms with E-state index in [-0.39, 0.29) is 0 Å². The van der Waals surface area contributed by atoms with Gasteiger partial charge in [-0.2, -0.15) is 0 Å². The number of benzene rings is 1. The summed E-state index contributed by atoms with van der Waals surface area (Å²) in [5.41, 5.74) is 8.48. The maximum atomic E-state index is 9.35. The third-order valence-corrected chi connectivity index (χ3v) is 5.34.